The number of hydrogen-bond acceptors (Lipinski definition) is 4. The van der Waals surface area contributed by atoms with Gasteiger partial charge in [0.15, 0.2) is 0 Å². The van der Waals surface area contributed by atoms with Gasteiger partial charge < -0.3 is 15.5 Å². The van der Waals surface area contributed by atoms with Gasteiger partial charge in [-0.1, -0.05) is 26.8 Å². The second-order valence-electron chi connectivity index (χ2n) is 5.72. The van der Waals surface area contributed by atoms with Crippen LogP contribution in [0.5, 0.6) is 0 Å². The van der Waals surface area contributed by atoms with Gasteiger partial charge in [0.1, 0.15) is 5.82 Å². The summed E-state index contributed by atoms with van der Waals surface area (Å²) in [6.07, 6.45) is 2.71. The van der Waals surface area contributed by atoms with E-state index in [1.54, 1.807) is 6.20 Å². The highest BCUT2D eigenvalue weighted by atomic mass is 16.2. The van der Waals surface area contributed by atoms with Gasteiger partial charge in [-0.2, -0.15) is 0 Å². The van der Waals surface area contributed by atoms with Crippen LogP contribution in [0.2, 0.25) is 0 Å². The quantitative estimate of drug-likeness (QED) is 0.728. The van der Waals surface area contributed by atoms with Crippen molar-refractivity contribution < 1.29 is 4.79 Å². The molecule has 1 amide bonds. The smallest absolute Gasteiger partial charge is 0.239 e. The molecule has 1 aromatic rings. The van der Waals surface area contributed by atoms with Crippen LogP contribution >= 0.6 is 0 Å². The molecular formula is C16H28N4O. The Kier molecular flexibility index (Phi) is 7.75. The van der Waals surface area contributed by atoms with Crippen LogP contribution < -0.4 is 15.5 Å². The summed E-state index contributed by atoms with van der Waals surface area (Å²) in [7, 11) is 1.90. The van der Waals surface area contributed by atoms with Crippen LogP contribution in [0.3, 0.4) is 0 Å². The number of aromatic nitrogens is 1. The molecule has 0 radical (unpaired) electrons. The van der Waals surface area contributed by atoms with E-state index >= 15 is 0 Å². The van der Waals surface area contributed by atoms with Crippen molar-refractivity contribution in [2.75, 3.05) is 31.6 Å². The van der Waals surface area contributed by atoms with E-state index in [4.69, 9.17) is 0 Å². The van der Waals surface area contributed by atoms with Crippen LogP contribution in [0.25, 0.3) is 0 Å². The summed E-state index contributed by atoms with van der Waals surface area (Å²) in [5.41, 5.74) is 1.11. The summed E-state index contributed by atoms with van der Waals surface area (Å²) in [5.74, 6) is 1.51. The third-order valence-corrected chi connectivity index (χ3v) is 3.05. The Hall–Kier alpha value is -1.62. The number of anilines is 1. The minimum Gasteiger partial charge on any atom is -0.355 e. The minimum absolute atomic E-state index is 0.0334. The molecule has 5 heteroatoms. The molecule has 5 nitrogen and oxygen atoms in total. The molecule has 1 rings (SSSR count). The van der Waals surface area contributed by atoms with Gasteiger partial charge in [-0.15, -0.1) is 0 Å². The number of amides is 1. The van der Waals surface area contributed by atoms with Crippen LogP contribution in [0.1, 0.15) is 32.8 Å². The zero-order chi connectivity index (χ0) is 15.7. The van der Waals surface area contributed by atoms with Crippen molar-refractivity contribution in [3.63, 3.8) is 0 Å². The largest absolute Gasteiger partial charge is 0.355 e. The molecule has 0 aromatic carbocycles. The van der Waals surface area contributed by atoms with Crippen molar-refractivity contribution in [1.82, 2.24) is 15.6 Å². The lowest BCUT2D eigenvalue weighted by molar-refractivity contribution is -0.119. The molecule has 0 saturated heterocycles. The highest BCUT2D eigenvalue weighted by Crippen LogP contribution is 2.15. The lowest BCUT2D eigenvalue weighted by atomic mass is 10.2. The maximum Gasteiger partial charge on any atom is 0.239 e. The lowest BCUT2D eigenvalue weighted by Gasteiger charge is -2.21. The SMILES string of the molecule is CCCNC(=O)CN(C)c1ncccc1CNCC(C)C. The van der Waals surface area contributed by atoms with Gasteiger partial charge in [0.05, 0.1) is 6.54 Å². The molecule has 0 atom stereocenters. The van der Waals surface area contributed by atoms with E-state index in [9.17, 15) is 4.79 Å². The third kappa shape index (κ3) is 6.58. The maximum atomic E-state index is 11.8. The Bertz CT molecular complexity index is 434. The first-order chi connectivity index (χ1) is 10.0. The molecule has 0 spiro atoms. The highest BCUT2D eigenvalue weighted by Gasteiger charge is 2.11. The predicted molar refractivity (Wildman–Crippen MR) is 87.4 cm³/mol. The van der Waals surface area contributed by atoms with Gasteiger partial charge in [0.2, 0.25) is 5.91 Å². The highest BCUT2D eigenvalue weighted by molar-refractivity contribution is 5.81. The second-order valence-corrected chi connectivity index (χ2v) is 5.72. The molecule has 0 bridgehead atoms. The topological polar surface area (TPSA) is 57.3 Å². The minimum atomic E-state index is 0.0334. The third-order valence-electron chi connectivity index (χ3n) is 3.05. The van der Waals surface area contributed by atoms with Crippen LogP contribution in [-0.4, -0.2) is 37.6 Å². The van der Waals surface area contributed by atoms with Gasteiger partial charge in [-0.25, -0.2) is 4.98 Å². The van der Waals surface area contributed by atoms with E-state index < -0.39 is 0 Å². The van der Waals surface area contributed by atoms with Crippen LogP contribution in [0.4, 0.5) is 5.82 Å². The van der Waals surface area contributed by atoms with E-state index in [0.717, 1.165) is 37.4 Å². The Labute approximate surface area is 128 Å². The van der Waals surface area contributed by atoms with E-state index in [0.29, 0.717) is 12.5 Å². The molecule has 1 aromatic heterocycles. The van der Waals surface area contributed by atoms with Gasteiger partial charge in [0.25, 0.3) is 0 Å². The van der Waals surface area contributed by atoms with Crippen molar-refractivity contribution in [3.8, 4) is 0 Å². The molecule has 0 unspecified atom stereocenters. The number of pyridine rings is 1. The van der Waals surface area contributed by atoms with Crippen molar-refractivity contribution in [3.05, 3.63) is 23.9 Å². The molecule has 0 fully saturated rings. The van der Waals surface area contributed by atoms with Gasteiger partial charge in [-0.3, -0.25) is 4.79 Å². The second kappa shape index (κ2) is 9.34. The fourth-order valence-corrected chi connectivity index (χ4v) is 2.02. The predicted octanol–water partition coefficient (Wildman–Crippen LogP) is 1.79. The summed E-state index contributed by atoms with van der Waals surface area (Å²) in [4.78, 5) is 18.1. The first kappa shape index (κ1) is 17.4. The molecule has 0 aliphatic heterocycles. The summed E-state index contributed by atoms with van der Waals surface area (Å²) in [6, 6.07) is 3.98. The van der Waals surface area contributed by atoms with Crippen molar-refractivity contribution in [2.24, 2.45) is 5.92 Å². The average molecular weight is 292 g/mol. The van der Waals surface area contributed by atoms with Crippen LogP contribution in [0, 0.1) is 5.92 Å². The molecule has 21 heavy (non-hydrogen) atoms. The van der Waals surface area contributed by atoms with Crippen molar-refractivity contribution >= 4 is 11.7 Å². The van der Waals surface area contributed by atoms with E-state index in [1.807, 2.05) is 24.9 Å². The number of likely N-dealkylation sites (N-methyl/N-ethyl adjacent to an activating group) is 1. The summed E-state index contributed by atoms with van der Waals surface area (Å²) < 4.78 is 0. The normalized spacial score (nSPS) is 10.7. The van der Waals surface area contributed by atoms with Crippen LogP contribution in [-0.2, 0) is 11.3 Å². The first-order valence-corrected chi connectivity index (χ1v) is 7.67. The lowest BCUT2D eigenvalue weighted by Crippen LogP contribution is -2.36. The Morgan fingerprint density at radius 3 is 2.86 bits per heavy atom. The van der Waals surface area contributed by atoms with E-state index in [-0.39, 0.29) is 5.91 Å². The number of hydrogen-bond donors (Lipinski definition) is 2. The van der Waals surface area contributed by atoms with Crippen LogP contribution in [0.15, 0.2) is 18.3 Å². The number of carbonyl (C=O) groups excluding carboxylic acids is 1. The van der Waals surface area contributed by atoms with Gasteiger partial charge in [0, 0.05) is 31.9 Å². The van der Waals surface area contributed by atoms with E-state index in [1.165, 1.54) is 0 Å². The van der Waals surface area contributed by atoms with Crippen molar-refractivity contribution in [1.29, 1.82) is 0 Å². The van der Waals surface area contributed by atoms with Gasteiger partial charge >= 0.3 is 0 Å². The molecule has 1 heterocycles. The fourth-order valence-electron chi connectivity index (χ4n) is 2.02. The molecule has 118 valence electrons. The van der Waals surface area contributed by atoms with Gasteiger partial charge in [-0.05, 0) is 24.9 Å². The summed E-state index contributed by atoms with van der Waals surface area (Å²) in [5, 5.41) is 6.30. The molecule has 0 aliphatic carbocycles. The van der Waals surface area contributed by atoms with E-state index in [2.05, 4.69) is 35.5 Å². The maximum absolute atomic E-state index is 11.8. The fraction of sp³-hybridized carbons (Fsp3) is 0.625. The Balaban J connectivity index is 2.61. The monoisotopic (exact) mass is 292 g/mol. The molecule has 2 N–H and O–H groups in total. The molecule has 0 saturated carbocycles. The summed E-state index contributed by atoms with van der Waals surface area (Å²) in [6.45, 7) is 9.19. The zero-order valence-electron chi connectivity index (χ0n) is 13.6. The summed E-state index contributed by atoms with van der Waals surface area (Å²) >= 11 is 0. The Morgan fingerprint density at radius 2 is 2.19 bits per heavy atom. The number of nitrogens with one attached hydrogen (secondary N) is 2. The molecule has 0 aliphatic rings. The Morgan fingerprint density at radius 1 is 1.43 bits per heavy atom. The molecular weight excluding hydrogens is 264 g/mol. The standard InChI is InChI=1S/C16H28N4O/c1-5-8-18-15(21)12-20(4)16-14(7-6-9-19-16)11-17-10-13(2)3/h6-7,9,13,17H,5,8,10-12H2,1-4H3,(H,18,21). The average Bonchev–Trinajstić information content (AvgIpc) is 2.45. The number of carbonyl (C=O) groups is 1. The number of nitrogens with zero attached hydrogens (tertiary/aromatic N) is 2. The zero-order valence-corrected chi connectivity index (χ0v) is 13.6. The number of rotatable bonds is 9. The first-order valence-electron chi connectivity index (χ1n) is 7.67. The van der Waals surface area contributed by atoms with Crippen molar-refractivity contribution in [2.45, 2.75) is 33.7 Å².